The summed E-state index contributed by atoms with van der Waals surface area (Å²) in [5, 5.41) is 8.45. The lowest BCUT2D eigenvalue weighted by Gasteiger charge is -2.04. The molecule has 122 valence electrons. The number of hydrogen-bond acceptors (Lipinski definition) is 5. The SMILES string of the molecule is CNC(C)Cc1noc(CSCc2ccc(Cl)cc2Cl)n1.Cl. The molecular formula is C14H18Cl3N3OS. The monoisotopic (exact) mass is 381 g/mol. The summed E-state index contributed by atoms with van der Waals surface area (Å²) in [6, 6.07) is 5.86. The normalized spacial score (nSPS) is 12.0. The largest absolute Gasteiger partial charge is 0.338 e. The number of nitrogens with zero attached hydrogens (tertiary/aromatic N) is 2. The Hall–Kier alpha value is -0.460. The van der Waals surface area contributed by atoms with Crippen molar-refractivity contribution in [2.75, 3.05) is 7.05 Å². The molecule has 0 saturated heterocycles. The number of nitrogens with one attached hydrogen (secondary N) is 1. The van der Waals surface area contributed by atoms with Crippen LogP contribution < -0.4 is 5.32 Å². The van der Waals surface area contributed by atoms with Gasteiger partial charge in [0.25, 0.3) is 0 Å². The minimum absolute atomic E-state index is 0. The van der Waals surface area contributed by atoms with Crippen LogP contribution in [0.2, 0.25) is 10.0 Å². The molecule has 2 rings (SSSR count). The number of aromatic nitrogens is 2. The molecule has 0 saturated carbocycles. The Kier molecular flexibility index (Phi) is 8.57. The quantitative estimate of drug-likeness (QED) is 0.770. The molecule has 0 aliphatic rings. The number of benzene rings is 1. The lowest BCUT2D eigenvalue weighted by atomic mass is 10.2. The highest BCUT2D eigenvalue weighted by Crippen LogP contribution is 2.25. The first-order chi connectivity index (χ1) is 10.1. The van der Waals surface area contributed by atoms with Gasteiger partial charge in [0.2, 0.25) is 5.89 Å². The molecule has 1 unspecified atom stereocenters. The fourth-order valence-electron chi connectivity index (χ4n) is 1.69. The van der Waals surface area contributed by atoms with Gasteiger partial charge in [0.1, 0.15) is 0 Å². The summed E-state index contributed by atoms with van der Waals surface area (Å²) in [7, 11) is 1.91. The van der Waals surface area contributed by atoms with Crippen LogP contribution in [-0.2, 0) is 17.9 Å². The maximum absolute atomic E-state index is 6.13. The van der Waals surface area contributed by atoms with Crippen molar-refractivity contribution in [2.45, 2.75) is 30.9 Å². The van der Waals surface area contributed by atoms with E-state index in [1.165, 1.54) is 0 Å². The Bertz CT molecular complexity index is 594. The molecule has 0 spiro atoms. The molecule has 0 amide bonds. The first kappa shape index (κ1) is 19.6. The van der Waals surface area contributed by atoms with Gasteiger partial charge in [0.15, 0.2) is 5.82 Å². The zero-order valence-corrected chi connectivity index (χ0v) is 15.5. The fraction of sp³-hybridized carbons (Fsp3) is 0.429. The minimum Gasteiger partial charge on any atom is -0.338 e. The first-order valence-corrected chi connectivity index (χ1v) is 8.50. The Morgan fingerprint density at radius 2 is 2.09 bits per heavy atom. The van der Waals surface area contributed by atoms with Gasteiger partial charge < -0.3 is 9.84 Å². The standard InChI is InChI=1S/C14H17Cl2N3OS.ClH/c1-9(17-2)5-13-18-14(20-19-13)8-21-7-10-3-4-11(15)6-12(10)16;/h3-4,6,9,17H,5,7-8H2,1-2H3;1H. The first-order valence-electron chi connectivity index (χ1n) is 6.59. The Balaban J connectivity index is 0.00000242. The Labute approximate surface area is 150 Å². The second kappa shape index (κ2) is 9.63. The molecule has 8 heteroatoms. The number of thioether (sulfide) groups is 1. The predicted octanol–water partition coefficient (Wildman–Crippen LogP) is 4.38. The Morgan fingerprint density at radius 1 is 1.32 bits per heavy atom. The number of halogens is 3. The van der Waals surface area contributed by atoms with Crippen LogP contribution in [-0.4, -0.2) is 23.2 Å². The average Bonchev–Trinajstić information content (AvgIpc) is 2.88. The molecular weight excluding hydrogens is 365 g/mol. The molecule has 1 aromatic heterocycles. The average molecular weight is 383 g/mol. The van der Waals surface area contributed by atoms with Gasteiger partial charge >= 0.3 is 0 Å². The van der Waals surface area contributed by atoms with Crippen molar-refractivity contribution in [3.05, 3.63) is 45.5 Å². The molecule has 0 bridgehead atoms. The third-order valence-electron chi connectivity index (χ3n) is 2.99. The van der Waals surface area contributed by atoms with E-state index in [-0.39, 0.29) is 12.4 Å². The zero-order valence-electron chi connectivity index (χ0n) is 12.3. The molecule has 4 nitrogen and oxygen atoms in total. The van der Waals surface area contributed by atoms with E-state index in [9.17, 15) is 0 Å². The zero-order chi connectivity index (χ0) is 15.2. The van der Waals surface area contributed by atoms with Crippen LogP contribution in [0.4, 0.5) is 0 Å². The maximum atomic E-state index is 6.13. The van der Waals surface area contributed by atoms with Gasteiger partial charge in [-0.15, -0.1) is 24.2 Å². The smallest absolute Gasteiger partial charge is 0.236 e. The van der Waals surface area contributed by atoms with E-state index in [0.717, 1.165) is 23.6 Å². The molecule has 0 aliphatic carbocycles. The number of rotatable bonds is 7. The summed E-state index contributed by atoms with van der Waals surface area (Å²) in [6.07, 6.45) is 0.758. The van der Waals surface area contributed by atoms with Gasteiger partial charge in [-0.1, -0.05) is 34.4 Å². The van der Waals surface area contributed by atoms with Crippen LogP contribution in [0, 0.1) is 0 Å². The van der Waals surface area contributed by atoms with Crippen molar-refractivity contribution in [3.8, 4) is 0 Å². The Morgan fingerprint density at radius 3 is 2.77 bits per heavy atom. The van der Waals surface area contributed by atoms with Crippen molar-refractivity contribution in [1.82, 2.24) is 15.5 Å². The summed E-state index contributed by atoms with van der Waals surface area (Å²) in [5.41, 5.74) is 1.05. The highest BCUT2D eigenvalue weighted by Gasteiger charge is 2.10. The highest BCUT2D eigenvalue weighted by molar-refractivity contribution is 7.97. The van der Waals surface area contributed by atoms with Crippen LogP contribution in [0.1, 0.15) is 24.2 Å². The summed E-state index contributed by atoms with van der Waals surface area (Å²) in [4.78, 5) is 4.37. The van der Waals surface area contributed by atoms with E-state index in [1.807, 2.05) is 19.2 Å². The van der Waals surface area contributed by atoms with Crippen LogP contribution in [0.15, 0.2) is 22.7 Å². The van der Waals surface area contributed by atoms with Crippen molar-refractivity contribution < 1.29 is 4.52 Å². The van der Waals surface area contributed by atoms with Crippen molar-refractivity contribution in [1.29, 1.82) is 0 Å². The molecule has 1 atom stereocenters. The summed E-state index contributed by atoms with van der Waals surface area (Å²) in [6.45, 7) is 2.08. The van der Waals surface area contributed by atoms with Gasteiger partial charge in [-0.25, -0.2) is 0 Å². The molecule has 22 heavy (non-hydrogen) atoms. The fourth-order valence-corrected chi connectivity index (χ4v) is 3.11. The second-order valence-corrected chi connectivity index (χ2v) is 6.56. The molecule has 1 N–H and O–H groups in total. The molecule has 0 aliphatic heterocycles. The van der Waals surface area contributed by atoms with E-state index in [4.69, 9.17) is 27.7 Å². The molecule has 0 radical (unpaired) electrons. The summed E-state index contributed by atoms with van der Waals surface area (Å²) in [5.74, 6) is 2.82. The van der Waals surface area contributed by atoms with Crippen LogP contribution >= 0.6 is 47.4 Å². The van der Waals surface area contributed by atoms with E-state index >= 15 is 0 Å². The topological polar surface area (TPSA) is 51.0 Å². The van der Waals surface area contributed by atoms with Crippen molar-refractivity contribution in [3.63, 3.8) is 0 Å². The second-order valence-electron chi connectivity index (χ2n) is 4.73. The third kappa shape index (κ3) is 5.97. The third-order valence-corrected chi connectivity index (χ3v) is 4.54. The van der Waals surface area contributed by atoms with Crippen molar-refractivity contribution in [2.24, 2.45) is 0 Å². The summed E-state index contributed by atoms with van der Waals surface area (Å²) >= 11 is 13.7. The summed E-state index contributed by atoms with van der Waals surface area (Å²) < 4.78 is 5.23. The van der Waals surface area contributed by atoms with Gasteiger partial charge in [0.05, 0.1) is 5.75 Å². The van der Waals surface area contributed by atoms with Gasteiger partial charge in [-0.05, 0) is 31.7 Å². The maximum Gasteiger partial charge on any atom is 0.236 e. The van der Waals surface area contributed by atoms with Crippen molar-refractivity contribution >= 4 is 47.4 Å². The van der Waals surface area contributed by atoms with Gasteiger partial charge in [-0.3, -0.25) is 0 Å². The van der Waals surface area contributed by atoms with E-state index < -0.39 is 0 Å². The lowest BCUT2D eigenvalue weighted by Crippen LogP contribution is -2.24. The van der Waals surface area contributed by atoms with Crippen LogP contribution in [0.25, 0.3) is 0 Å². The predicted molar refractivity (Wildman–Crippen MR) is 95.2 cm³/mol. The molecule has 1 heterocycles. The number of hydrogen-bond donors (Lipinski definition) is 1. The van der Waals surface area contributed by atoms with Gasteiger partial charge in [-0.2, -0.15) is 4.98 Å². The highest BCUT2D eigenvalue weighted by atomic mass is 35.5. The van der Waals surface area contributed by atoms with Gasteiger partial charge in [0, 0.05) is 28.3 Å². The lowest BCUT2D eigenvalue weighted by molar-refractivity contribution is 0.382. The number of likely N-dealkylation sites (N-methyl/N-ethyl adjacent to an activating group) is 1. The molecule has 1 aromatic carbocycles. The van der Waals surface area contributed by atoms with Crippen LogP contribution in [0.5, 0.6) is 0 Å². The molecule has 0 fully saturated rings. The van der Waals surface area contributed by atoms with Crippen LogP contribution in [0.3, 0.4) is 0 Å². The van der Waals surface area contributed by atoms with E-state index in [0.29, 0.717) is 27.7 Å². The molecule has 2 aromatic rings. The minimum atomic E-state index is 0. The van der Waals surface area contributed by atoms with E-state index in [1.54, 1.807) is 17.8 Å². The van der Waals surface area contributed by atoms with E-state index in [2.05, 4.69) is 22.4 Å².